The number of carbonyl (C=O) groups is 3. The second-order valence-corrected chi connectivity index (χ2v) is 6.20. The highest BCUT2D eigenvalue weighted by Crippen LogP contribution is 2.19. The SMILES string of the molecule is CC1(C)NC(=O)N(Cc2ccc(C(=O)OCC3CO3)cc2)C1=O. The lowest BCUT2D eigenvalue weighted by molar-refractivity contribution is -0.130. The highest BCUT2D eigenvalue weighted by Gasteiger charge is 2.44. The number of rotatable bonds is 5. The number of nitrogens with zero attached hydrogens (tertiary/aromatic N) is 1. The number of epoxide rings is 1. The first-order chi connectivity index (χ1) is 10.9. The third-order valence-electron chi connectivity index (χ3n) is 3.78. The van der Waals surface area contributed by atoms with E-state index in [-0.39, 0.29) is 25.2 Å². The predicted molar refractivity (Wildman–Crippen MR) is 79.6 cm³/mol. The second-order valence-electron chi connectivity index (χ2n) is 6.20. The van der Waals surface area contributed by atoms with Crippen molar-refractivity contribution in [3.05, 3.63) is 35.4 Å². The van der Waals surface area contributed by atoms with Crippen LogP contribution < -0.4 is 5.32 Å². The minimum absolute atomic E-state index is 0.0290. The molecule has 0 aromatic heterocycles. The molecule has 23 heavy (non-hydrogen) atoms. The molecule has 2 aliphatic heterocycles. The number of imide groups is 1. The Balaban J connectivity index is 1.62. The summed E-state index contributed by atoms with van der Waals surface area (Å²) in [5.74, 6) is -0.682. The summed E-state index contributed by atoms with van der Waals surface area (Å²) in [6.07, 6.45) is 0.0290. The van der Waals surface area contributed by atoms with Crippen molar-refractivity contribution in [2.75, 3.05) is 13.2 Å². The molecule has 7 heteroatoms. The average molecular weight is 318 g/mol. The normalized spacial score (nSPS) is 22.0. The minimum atomic E-state index is -0.883. The molecule has 1 unspecified atom stereocenters. The molecule has 1 aromatic carbocycles. The highest BCUT2D eigenvalue weighted by molar-refractivity contribution is 6.06. The molecule has 2 heterocycles. The number of ether oxygens (including phenoxy) is 2. The molecule has 3 rings (SSSR count). The third kappa shape index (κ3) is 3.34. The largest absolute Gasteiger partial charge is 0.459 e. The first-order valence-electron chi connectivity index (χ1n) is 7.38. The van der Waals surface area contributed by atoms with Gasteiger partial charge in [0.2, 0.25) is 0 Å². The molecule has 0 aliphatic carbocycles. The van der Waals surface area contributed by atoms with Crippen LogP contribution >= 0.6 is 0 Å². The van der Waals surface area contributed by atoms with Gasteiger partial charge in [-0.1, -0.05) is 12.1 Å². The first-order valence-corrected chi connectivity index (χ1v) is 7.38. The fourth-order valence-corrected chi connectivity index (χ4v) is 2.31. The Labute approximate surface area is 133 Å². The van der Waals surface area contributed by atoms with Gasteiger partial charge in [-0.3, -0.25) is 9.69 Å². The topological polar surface area (TPSA) is 88.2 Å². The maximum Gasteiger partial charge on any atom is 0.338 e. The lowest BCUT2D eigenvalue weighted by atomic mass is 10.1. The van der Waals surface area contributed by atoms with Gasteiger partial charge in [-0.25, -0.2) is 9.59 Å². The van der Waals surface area contributed by atoms with E-state index in [0.717, 1.165) is 10.5 Å². The smallest absolute Gasteiger partial charge is 0.338 e. The molecular weight excluding hydrogens is 300 g/mol. The molecule has 1 N–H and O–H groups in total. The van der Waals surface area contributed by atoms with Crippen LogP contribution in [-0.2, 0) is 20.8 Å². The minimum Gasteiger partial charge on any atom is -0.459 e. The van der Waals surface area contributed by atoms with E-state index in [1.807, 2.05) is 0 Å². The van der Waals surface area contributed by atoms with Crippen molar-refractivity contribution < 1.29 is 23.9 Å². The van der Waals surface area contributed by atoms with E-state index in [2.05, 4.69) is 5.32 Å². The van der Waals surface area contributed by atoms with E-state index in [1.165, 1.54) is 0 Å². The van der Waals surface area contributed by atoms with E-state index >= 15 is 0 Å². The number of benzene rings is 1. The van der Waals surface area contributed by atoms with Gasteiger partial charge in [0.25, 0.3) is 5.91 Å². The van der Waals surface area contributed by atoms with Gasteiger partial charge in [0.05, 0.1) is 18.7 Å². The van der Waals surface area contributed by atoms with Gasteiger partial charge in [-0.15, -0.1) is 0 Å². The van der Waals surface area contributed by atoms with Crippen LogP contribution in [0.25, 0.3) is 0 Å². The fourth-order valence-electron chi connectivity index (χ4n) is 2.31. The molecule has 1 aromatic rings. The zero-order valence-corrected chi connectivity index (χ0v) is 13.0. The average Bonchev–Trinajstić information content (AvgIpc) is 3.30. The molecule has 3 amide bonds. The van der Waals surface area contributed by atoms with E-state index in [4.69, 9.17) is 9.47 Å². The number of carbonyl (C=O) groups excluding carboxylic acids is 3. The lowest BCUT2D eigenvalue weighted by Gasteiger charge is -2.16. The van der Waals surface area contributed by atoms with Gasteiger partial charge in [0.15, 0.2) is 0 Å². The van der Waals surface area contributed by atoms with Gasteiger partial charge in [-0.05, 0) is 31.5 Å². The molecule has 0 saturated carbocycles. The molecule has 0 bridgehead atoms. The van der Waals surface area contributed by atoms with Crippen molar-refractivity contribution in [3.63, 3.8) is 0 Å². The molecule has 122 valence electrons. The second kappa shape index (κ2) is 5.66. The number of nitrogens with one attached hydrogen (secondary N) is 1. The van der Waals surface area contributed by atoms with Crippen molar-refractivity contribution in [1.29, 1.82) is 0 Å². The van der Waals surface area contributed by atoms with E-state index < -0.39 is 17.5 Å². The van der Waals surface area contributed by atoms with Crippen LogP contribution in [0, 0.1) is 0 Å². The predicted octanol–water partition coefficient (Wildman–Crippen LogP) is 1.07. The summed E-state index contributed by atoms with van der Waals surface area (Å²) >= 11 is 0. The maximum atomic E-state index is 12.1. The van der Waals surface area contributed by atoms with Gasteiger partial charge in [0, 0.05) is 0 Å². The number of hydrogen-bond donors (Lipinski definition) is 1. The fraction of sp³-hybridized carbons (Fsp3) is 0.438. The Morgan fingerprint density at radius 3 is 2.52 bits per heavy atom. The molecule has 2 aliphatic rings. The standard InChI is InChI=1S/C16H18N2O5/c1-16(2)14(20)18(15(21)17-16)7-10-3-5-11(6-4-10)13(19)23-9-12-8-22-12/h3-6,12H,7-9H2,1-2H3,(H,17,21). The summed E-state index contributed by atoms with van der Waals surface area (Å²) in [6, 6.07) is 6.24. The summed E-state index contributed by atoms with van der Waals surface area (Å²) in [5, 5.41) is 2.63. The molecule has 2 fully saturated rings. The Kier molecular flexibility index (Phi) is 3.81. The molecule has 1 atom stereocenters. The molecule has 7 nitrogen and oxygen atoms in total. The third-order valence-corrected chi connectivity index (χ3v) is 3.78. The maximum absolute atomic E-state index is 12.1. The molecule has 0 radical (unpaired) electrons. The van der Waals surface area contributed by atoms with Crippen LogP contribution in [0.2, 0.25) is 0 Å². The molecular formula is C16H18N2O5. The Morgan fingerprint density at radius 2 is 2.00 bits per heavy atom. The quantitative estimate of drug-likeness (QED) is 0.498. The number of esters is 1. The Hall–Kier alpha value is -2.41. The van der Waals surface area contributed by atoms with E-state index in [1.54, 1.807) is 38.1 Å². The van der Waals surface area contributed by atoms with Crippen molar-refractivity contribution >= 4 is 17.9 Å². The Morgan fingerprint density at radius 1 is 1.35 bits per heavy atom. The summed E-state index contributed by atoms with van der Waals surface area (Å²) in [7, 11) is 0. The summed E-state index contributed by atoms with van der Waals surface area (Å²) in [5.41, 5.74) is 0.298. The summed E-state index contributed by atoms with van der Waals surface area (Å²) in [6.45, 7) is 4.39. The number of amides is 3. The van der Waals surface area contributed by atoms with E-state index in [0.29, 0.717) is 12.2 Å². The summed E-state index contributed by atoms with van der Waals surface area (Å²) in [4.78, 5) is 37.0. The zero-order chi connectivity index (χ0) is 16.6. The van der Waals surface area contributed by atoms with Gasteiger partial charge >= 0.3 is 12.0 Å². The lowest BCUT2D eigenvalue weighted by Crippen LogP contribution is -2.40. The van der Waals surface area contributed by atoms with Crippen LogP contribution in [-0.4, -0.2) is 47.7 Å². The van der Waals surface area contributed by atoms with Gasteiger partial charge < -0.3 is 14.8 Å². The molecule has 2 saturated heterocycles. The first kappa shape index (κ1) is 15.5. The zero-order valence-electron chi connectivity index (χ0n) is 13.0. The van der Waals surface area contributed by atoms with Gasteiger partial charge in [0.1, 0.15) is 18.2 Å². The Bertz CT molecular complexity index is 649. The molecule has 0 spiro atoms. The van der Waals surface area contributed by atoms with Crippen LogP contribution in [0.4, 0.5) is 4.79 Å². The van der Waals surface area contributed by atoms with Crippen molar-refractivity contribution in [2.24, 2.45) is 0 Å². The van der Waals surface area contributed by atoms with Crippen molar-refractivity contribution in [2.45, 2.75) is 32.0 Å². The highest BCUT2D eigenvalue weighted by atomic mass is 16.6. The van der Waals surface area contributed by atoms with Crippen molar-refractivity contribution in [3.8, 4) is 0 Å². The monoisotopic (exact) mass is 318 g/mol. The number of hydrogen-bond acceptors (Lipinski definition) is 5. The van der Waals surface area contributed by atoms with E-state index in [9.17, 15) is 14.4 Å². The van der Waals surface area contributed by atoms with Crippen molar-refractivity contribution in [1.82, 2.24) is 10.2 Å². The summed E-state index contributed by atoms with van der Waals surface area (Å²) < 4.78 is 10.1. The van der Waals surface area contributed by atoms with Crippen LogP contribution in [0.3, 0.4) is 0 Å². The van der Waals surface area contributed by atoms with Gasteiger partial charge in [-0.2, -0.15) is 0 Å². The van der Waals surface area contributed by atoms with Crippen LogP contribution in [0.1, 0.15) is 29.8 Å². The number of urea groups is 1. The van der Waals surface area contributed by atoms with Crippen LogP contribution in [0.5, 0.6) is 0 Å². The van der Waals surface area contributed by atoms with Crippen LogP contribution in [0.15, 0.2) is 24.3 Å².